The van der Waals surface area contributed by atoms with Gasteiger partial charge in [-0.25, -0.2) is 9.89 Å². The quantitative estimate of drug-likeness (QED) is 0.767. The number of nitrogens with two attached hydrogens (primary N) is 1. The van der Waals surface area contributed by atoms with E-state index in [9.17, 15) is 4.79 Å². The Morgan fingerprint density at radius 3 is 2.86 bits per heavy atom. The zero-order valence-corrected chi connectivity index (χ0v) is 14.3. The van der Waals surface area contributed by atoms with Crippen molar-refractivity contribution in [3.63, 3.8) is 0 Å². The fourth-order valence-corrected chi connectivity index (χ4v) is 4.73. The van der Waals surface area contributed by atoms with Crippen LogP contribution in [0.5, 0.6) is 0 Å². The van der Waals surface area contributed by atoms with Crippen molar-refractivity contribution in [2.75, 3.05) is 0 Å². The van der Waals surface area contributed by atoms with Crippen LogP contribution >= 0.6 is 23.1 Å². The van der Waals surface area contributed by atoms with Gasteiger partial charge in [0.05, 0.1) is 5.25 Å². The first-order valence-electron chi connectivity index (χ1n) is 7.19. The Hall–Kier alpha value is -1.05. The molecule has 0 fully saturated rings. The number of aromatic amines is 1. The number of thioether (sulfide) groups is 1. The van der Waals surface area contributed by atoms with Crippen LogP contribution in [0.1, 0.15) is 42.4 Å². The molecule has 2 rings (SSSR count). The topological polar surface area (TPSA) is 76.7 Å². The van der Waals surface area contributed by atoms with E-state index in [1.807, 2.05) is 6.92 Å². The van der Waals surface area contributed by atoms with Crippen molar-refractivity contribution in [2.45, 2.75) is 56.6 Å². The molecule has 0 aromatic carbocycles. The van der Waals surface area contributed by atoms with Gasteiger partial charge in [0.1, 0.15) is 0 Å². The lowest BCUT2D eigenvalue weighted by Crippen LogP contribution is -2.26. The van der Waals surface area contributed by atoms with Crippen molar-refractivity contribution in [1.29, 1.82) is 0 Å². The molecule has 0 amide bonds. The molecule has 2 unspecified atom stereocenters. The Kier molecular flexibility index (Phi) is 5.66. The third-order valence-corrected chi connectivity index (χ3v) is 6.04. The van der Waals surface area contributed by atoms with Crippen molar-refractivity contribution in [1.82, 2.24) is 14.8 Å². The Labute approximate surface area is 132 Å². The summed E-state index contributed by atoms with van der Waals surface area (Å²) in [5.41, 5.74) is 7.42. The summed E-state index contributed by atoms with van der Waals surface area (Å²) in [7, 11) is 0. The van der Waals surface area contributed by atoms with Crippen LogP contribution in [-0.2, 0) is 6.54 Å². The van der Waals surface area contributed by atoms with E-state index in [1.165, 1.54) is 10.4 Å². The van der Waals surface area contributed by atoms with E-state index in [0.717, 1.165) is 18.0 Å². The van der Waals surface area contributed by atoms with Crippen LogP contribution in [0.15, 0.2) is 21.4 Å². The first-order chi connectivity index (χ1) is 10.1. The summed E-state index contributed by atoms with van der Waals surface area (Å²) in [6.07, 6.45) is 1.78. The third kappa shape index (κ3) is 3.59. The summed E-state index contributed by atoms with van der Waals surface area (Å²) >= 11 is 3.31. The Bertz CT molecular complexity index is 631. The molecule has 0 saturated heterocycles. The van der Waals surface area contributed by atoms with Crippen molar-refractivity contribution < 1.29 is 0 Å². The molecule has 0 aliphatic heterocycles. The minimum atomic E-state index is -0.147. The molecule has 2 heterocycles. The zero-order chi connectivity index (χ0) is 15.4. The average molecular weight is 326 g/mol. The summed E-state index contributed by atoms with van der Waals surface area (Å²) < 4.78 is 1.70. The Morgan fingerprint density at radius 1 is 1.52 bits per heavy atom. The number of aromatic nitrogens is 3. The van der Waals surface area contributed by atoms with Gasteiger partial charge >= 0.3 is 5.69 Å². The molecule has 2 atom stereocenters. The standard InChI is InChI=1S/C14H22N4OS2/c1-4-7-18-13(19)16-17-14(18)21-12(10(15)5-2)11-9(3)6-8-20-11/h6,8,10,12H,4-5,7,15H2,1-3H3,(H,16,19). The summed E-state index contributed by atoms with van der Waals surface area (Å²) in [4.78, 5) is 13.1. The van der Waals surface area contributed by atoms with Crippen molar-refractivity contribution in [3.05, 3.63) is 32.4 Å². The second-order valence-corrected chi connectivity index (χ2v) is 7.10. The molecule has 0 spiro atoms. The smallest absolute Gasteiger partial charge is 0.326 e. The number of nitrogens with one attached hydrogen (secondary N) is 1. The van der Waals surface area contributed by atoms with Gasteiger partial charge in [0.25, 0.3) is 0 Å². The van der Waals surface area contributed by atoms with Gasteiger partial charge in [-0.15, -0.1) is 16.4 Å². The van der Waals surface area contributed by atoms with E-state index in [-0.39, 0.29) is 17.0 Å². The predicted octanol–water partition coefficient (Wildman–Crippen LogP) is 2.92. The number of aryl methyl sites for hydroxylation is 1. The lowest BCUT2D eigenvalue weighted by molar-refractivity contribution is 0.595. The Morgan fingerprint density at radius 2 is 2.29 bits per heavy atom. The minimum Gasteiger partial charge on any atom is -0.326 e. The highest BCUT2D eigenvalue weighted by Gasteiger charge is 2.25. The number of H-pyrrole nitrogens is 1. The maximum atomic E-state index is 11.8. The molecule has 2 aromatic heterocycles. The molecule has 21 heavy (non-hydrogen) atoms. The van der Waals surface area contributed by atoms with Crippen LogP contribution in [-0.4, -0.2) is 20.8 Å². The van der Waals surface area contributed by atoms with Gasteiger partial charge in [0.15, 0.2) is 5.16 Å². The van der Waals surface area contributed by atoms with Gasteiger partial charge in [-0.2, -0.15) is 0 Å². The largest absolute Gasteiger partial charge is 0.343 e. The Balaban J connectivity index is 2.32. The molecule has 0 saturated carbocycles. The lowest BCUT2D eigenvalue weighted by Gasteiger charge is -2.21. The second kappa shape index (κ2) is 7.29. The zero-order valence-electron chi connectivity index (χ0n) is 12.6. The highest BCUT2D eigenvalue weighted by atomic mass is 32.2. The molecule has 5 nitrogen and oxygen atoms in total. The fourth-order valence-electron chi connectivity index (χ4n) is 2.15. The second-order valence-electron chi connectivity index (χ2n) is 5.04. The van der Waals surface area contributed by atoms with Crippen LogP contribution in [0.3, 0.4) is 0 Å². The average Bonchev–Trinajstić information content (AvgIpc) is 3.04. The van der Waals surface area contributed by atoms with Crippen molar-refractivity contribution in [2.24, 2.45) is 5.73 Å². The molecule has 2 aromatic rings. The molecule has 0 aliphatic carbocycles. The van der Waals surface area contributed by atoms with E-state index >= 15 is 0 Å². The van der Waals surface area contributed by atoms with Gasteiger partial charge in [-0.05, 0) is 36.8 Å². The summed E-state index contributed by atoms with van der Waals surface area (Å²) in [5.74, 6) is 0. The monoisotopic (exact) mass is 326 g/mol. The highest BCUT2D eigenvalue weighted by Crippen LogP contribution is 2.40. The van der Waals surface area contributed by atoms with Gasteiger partial charge in [-0.3, -0.25) is 4.57 Å². The SMILES string of the molecule is CCCn1c(SC(c2sccc2C)C(N)CC)n[nH]c1=O. The highest BCUT2D eigenvalue weighted by molar-refractivity contribution is 7.99. The lowest BCUT2D eigenvalue weighted by atomic mass is 10.1. The van der Waals surface area contributed by atoms with Crippen molar-refractivity contribution in [3.8, 4) is 0 Å². The molecule has 0 radical (unpaired) electrons. The van der Waals surface area contributed by atoms with Crippen LogP contribution in [0.2, 0.25) is 0 Å². The maximum absolute atomic E-state index is 11.8. The molecule has 0 aliphatic rings. The molecule has 7 heteroatoms. The van der Waals surface area contributed by atoms with Crippen LogP contribution < -0.4 is 11.4 Å². The minimum absolute atomic E-state index is 0.0363. The molecule has 0 bridgehead atoms. The number of nitrogens with zero attached hydrogens (tertiary/aromatic N) is 2. The van der Waals surface area contributed by atoms with Crippen LogP contribution in [0.25, 0.3) is 0 Å². The fraction of sp³-hybridized carbons (Fsp3) is 0.571. The predicted molar refractivity (Wildman–Crippen MR) is 89.1 cm³/mol. The van der Waals surface area contributed by atoms with E-state index in [0.29, 0.717) is 6.54 Å². The summed E-state index contributed by atoms with van der Waals surface area (Å²) in [5, 5.41) is 9.65. The third-order valence-electron chi connectivity index (χ3n) is 3.42. The number of hydrogen-bond acceptors (Lipinski definition) is 5. The van der Waals surface area contributed by atoms with Crippen LogP contribution in [0, 0.1) is 6.92 Å². The molecule has 116 valence electrons. The summed E-state index contributed by atoms with van der Waals surface area (Å²) in [6.45, 7) is 6.91. The molecule has 3 N–H and O–H groups in total. The maximum Gasteiger partial charge on any atom is 0.343 e. The first kappa shape index (κ1) is 16.3. The van der Waals surface area contributed by atoms with E-state index < -0.39 is 0 Å². The number of rotatable bonds is 7. The van der Waals surface area contributed by atoms with Gasteiger partial charge < -0.3 is 5.73 Å². The van der Waals surface area contributed by atoms with E-state index in [4.69, 9.17) is 5.73 Å². The number of thiophene rings is 1. The first-order valence-corrected chi connectivity index (χ1v) is 8.95. The van der Waals surface area contributed by atoms with Crippen molar-refractivity contribution >= 4 is 23.1 Å². The molecular weight excluding hydrogens is 304 g/mol. The molecular formula is C14H22N4OS2. The van der Waals surface area contributed by atoms with E-state index in [2.05, 4.69) is 35.5 Å². The van der Waals surface area contributed by atoms with Gasteiger partial charge in [0.2, 0.25) is 0 Å². The number of hydrogen-bond donors (Lipinski definition) is 2. The summed E-state index contributed by atoms with van der Waals surface area (Å²) in [6, 6.07) is 2.15. The van der Waals surface area contributed by atoms with E-state index in [1.54, 1.807) is 27.7 Å². The van der Waals surface area contributed by atoms with Gasteiger partial charge in [-0.1, -0.05) is 25.6 Å². The van der Waals surface area contributed by atoms with Gasteiger partial charge in [0, 0.05) is 17.5 Å². The normalized spacial score (nSPS) is 14.3. The van der Waals surface area contributed by atoms with Crippen LogP contribution in [0.4, 0.5) is 0 Å².